The molecule has 2 aromatic rings. The highest BCUT2D eigenvalue weighted by molar-refractivity contribution is 9.10. The van der Waals surface area contributed by atoms with Gasteiger partial charge in [-0.3, -0.25) is 10.1 Å². The molecule has 1 amide bonds. The van der Waals surface area contributed by atoms with Crippen molar-refractivity contribution in [1.29, 1.82) is 0 Å². The molecular formula is C13H12BrN3O2. The Kier molecular flexibility index (Phi) is 4.46. The van der Waals surface area contributed by atoms with Gasteiger partial charge in [0.2, 0.25) is 11.9 Å². The number of halogens is 1. The average molecular weight is 322 g/mol. The van der Waals surface area contributed by atoms with Gasteiger partial charge in [-0.15, -0.1) is 0 Å². The molecule has 0 aliphatic heterocycles. The number of hydrogen-bond acceptors (Lipinski definition) is 4. The molecule has 1 aromatic carbocycles. The van der Waals surface area contributed by atoms with Gasteiger partial charge in [0.1, 0.15) is 5.75 Å². The molecule has 0 aliphatic rings. The first kappa shape index (κ1) is 13.5. The van der Waals surface area contributed by atoms with E-state index in [1.54, 1.807) is 25.6 Å². The highest BCUT2D eigenvalue weighted by Crippen LogP contribution is 2.25. The van der Waals surface area contributed by atoms with E-state index in [1.807, 2.05) is 18.2 Å². The van der Waals surface area contributed by atoms with E-state index in [4.69, 9.17) is 4.74 Å². The lowest BCUT2D eigenvalue weighted by Gasteiger charge is -2.06. The smallest absolute Gasteiger partial charge is 0.231 e. The molecule has 2 rings (SSSR count). The first-order chi connectivity index (χ1) is 9.19. The molecule has 5 nitrogen and oxygen atoms in total. The third-order valence-electron chi connectivity index (χ3n) is 2.40. The van der Waals surface area contributed by atoms with Crippen LogP contribution in [0.5, 0.6) is 5.75 Å². The number of nitrogens with zero attached hydrogens (tertiary/aromatic N) is 2. The summed E-state index contributed by atoms with van der Waals surface area (Å²) in [6, 6.07) is 7.20. The van der Waals surface area contributed by atoms with Gasteiger partial charge in [-0.2, -0.15) is 0 Å². The monoisotopic (exact) mass is 321 g/mol. The molecule has 1 heterocycles. The van der Waals surface area contributed by atoms with Crippen LogP contribution in [0.2, 0.25) is 0 Å². The van der Waals surface area contributed by atoms with Crippen molar-refractivity contribution in [2.75, 3.05) is 12.4 Å². The molecule has 0 atom stereocenters. The lowest BCUT2D eigenvalue weighted by molar-refractivity contribution is -0.115. The molecule has 0 saturated heterocycles. The Bertz CT molecular complexity index is 575. The molecule has 0 fully saturated rings. The topological polar surface area (TPSA) is 64.1 Å². The summed E-state index contributed by atoms with van der Waals surface area (Å²) >= 11 is 3.38. The first-order valence-corrected chi connectivity index (χ1v) is 6.37. The number of benzene rings is 1. The number of ether oxygens (including phenoxy) is 1. The average Bonchev–Trinajstić information content (AvgIpc) is 2.40. The van der Waals surface area contributed by atoms with Crippen LogP contribution < -0.4 is 10.1 Å². The van der Waals surface area contributed by atoms with Crippen LogP contribution in [0.25, 0.3) is 0 Å². The minimum Gasteiger partial charge on any atom is -0.496 e. The normalized spacial score (nSPS) is 10.0. The predicted octanol–water partition coefficient (Wildman–Crippen LogP) is 2.43. The summed E-state index contributed by atoms with van der Waals surface area (Å²) in [6.07, 6.45) is 3.40. The summed E-state index contributed by atoms with van der Waals surface area (Å²) in [4.78, 5) is 19.7. The summed E-state index contributed by atoms with van der Waals surface area (Å²) in [5.74, 6) is 0.874. The SMILES string of the molecule is COc1ccc(CC(=O)Nc2ncccn2)cc1Br. The highest BCUT2D eigenvalue weighted by Gasteiger charge is 2.07. The molecule has 0 radical (unpaired) electrons. The summed E-state index contributed by atoms with van der Waals surface area (Å²) in [6.45, 7) is 0. The van der Waals surface area contributed by atoms with Crippen LogP contribution in [0.15, 0.2) is 41.1 Å². The van der Waals surface area contributed by atoms with Crippen LogP contribution in [0.4, 0.5) is 5.95 Å². The van der Waals surface area contributed by atoms with Crippen molar-refractivity contribution in [2.24, 2.45) is 0 Å². The van der Waals surface area contributed by atoms with Crippen molar-refractivity contribution in [3.8, 4) is 5.75 Å². The summed E-state index contributed by atoms with van der Waals surface area (Å²) in [5.41, 5.74) is 0.876. The maximum absolute atomic E-state index is 11.8. The Hall–Kier alpha value is -1.95. The van der Waals surface area contributed by atoms with Crippen LogP contribution >= 0.6 is 15.9 Å². The highest BCUT2D eigenvalue weighted by atomic mass is 79.9. The van der Waals surface area contributed by atoms with Gasteiger partial charge < -0.3 is 4.74 Å². The number of anilines is 1. The van der Waals surface area contributed by atoms with Gasteiger partial charge in [0.15, 0.2) is 0 Å². The molecule has 98 valence electrons. The lowest BCUT2D eigenvalue weighted by atomic mass is 10.1. The van der Waals surface area contributed by atoms with E-state index in [2.05, 4.69) is 31.2 Å². The molecule has 0 spiro atoms. The fourth-order valence-electron chi connectivity index (χ4n) is 1.54. The lowest BCUT2D eigenvalue weighted by Crippen LogP contribution is -2.16. The van der Waals surface area contributed by atoms with Crippen molar-refractivity contribution in [2.45, 2.75) is 6.42 Å². The maximum atomic E-state index is 11.8. The second-order valence-electron chi connectivity index (χ2n) is 3.77. The number of carbonyl (C=O) groups is 1. The van der Waals surface area contributed by atoms with Gasteiger partial charge >= 0.3 is 0 Å². The van der Waals surface area contributed by atoms with Crippen molar-refractivity contribution < 1.29 is 9.53 Å². The van der Waals surface area contributed by atoms with Crippen LogP contribution in [0, 0.1) is 0 Å². The van der Waals surface area contributed by atoms with E-state index < -0.39 is 0 Å². The number of nitrogens with one attached hydrogen (secondary N) is 1. The van der Waals surface area contributed by atoms with E-state index >= 15 is 0 Å². The number of aromatic nitrogens is 2. The largest absolute Gasteiger partial charge is 0.496 e. The number of carbonyl (C=O) groups excluding carboxylic acids is 1. The quantitative estimate of drug-likeness (QED) is 0.939. The van der Waals surface area contributed by atoms with E-state index in [-0.39, 0.29) is 12.3 Å². The van der Waals surface area contributed by atoms with Gasteiger partial charge in [0.25, 0.3) is 0 Å². The van der Waals surface area contributed by atoms with Crippen molar-refractivity contribution >= 4 is 27.8 Å². The fourth-order valence-corrected chi connectivity index (χ4v) is 2.13. The van der Waals surface area contributed by atoms with E-state index in [0.717, 1.165) is 15.8 Å². The van der Waals surface area contributed by atoms with E-state index in [9.17, 15) is 4.79 Å². The molecule has 0 saturated carbocycles. The molecule has 6 heteroatoms. The first-order valence-electron chi connectivity index (χ1n) is 5.58. The van der Waals surface area contributed by atoms with Gasteiger partial charge in [0.05, 0.1) is 18.0 Å². The van der Waals surface area contributed by atoms with Gasteiger partial charge in [-0.25, -0.2) is 9.97 Å². The summed E-state index contributed by atoms with van der Waals surface area (Å²) < 4.78 is 5.95. The maximum Gasteiger partial charge on any atom is 0.231 e. The fraction of sp³-hybridized carbons (Fsp3) is 0.154. The minimum absolute atomic E-state index is 0.164. The van der Waals surface area contributed by atoms with Crippen LogP contribution in [-0.4, -0.2) is 23.0 Å². The number of rotatable bonds is 4. The van der Waals surface area contributed by atoms with Crippen molar-refractivity contribution in [3.05, 3.63) is 46.7 Å². The molecule has 0 unspecified atom stereocenters. The second-order valence-corrected chi connectivity index (χ2v) is 4.62. The minimum atomic E-state index is -0.164. The van der Waals surface area contributed by atoms with E-state index in [1.165, 1.54) is 0 Å². The van der Waals surface area contributed by atoms with Crippen molar-refractivity contribution in [3.63, 3.8) is 0 Å². The molecule has 1 aromatic heterocycles. The van der Waals surface area contributed by atoms with Gasteiger partial charge in [-0.05, 0) is 39.7 Å². The van der Waals surface area contributed by atoms with Gasteiger partial charge in [-0.1, -0.05) is 6.07 Å². The number of methoxy groups -OCH3 is 1. The van der Waals surface area contributed by atoms with Gasteiger partial charge in [0, 0.05) is 12.4 Å². The Labute approximate surface area is 119 Å². The molecule has 0 bridgehead atoms. The predicted molar refractivity (Wildman–Crippen MR) is 75.1 cm³/mol. The number of hydrogen-bond donors (Lipinski definition) is 1. The Morgan fingerprint density at radius 2 is 2.11 bits per heavy atom. The van der Waals surface area contributed by atoms with Crippen molar-refractivity contribution in [1.82, 2.24) is 9.97 Å². The Morgan fingerprint density at radius 3 is 2.74 bits per heavy atom. The summed E-state index contributed by atoms with van der Waals surface area (Å²) in [5, 5.41) is 2.63. The zero-order chi connectivity index (χ0) is 13.7. The van der Waals surface area contributed by atoms with Crippen LogP contribution in [-0.2, 0) is 11.2 Å². The zero-order valence-electron chi connectivity index (χ0n) is 10.3. The number of amides is 1. The third kappa shape index (κ3) is 3.75. The van der Waals surface area contributed by atoms with Crippen LogP contribution in [0.1, 0.15) is 5.56 Å². The molecular weight excluding hydrogens is 310 g/mol. The molecule has 0 aliphatic carbocycles. The zero-order valence-corrected chi connectivity index (χ0v) is 11.8. The van der Waals surface area contributed by atoms with E-state index in [0.29, 0.717) is 5.95 Å². The Morgan fingerprint density at radius 1 is 1.37 bits per heavy atom. The second kappa shape index (κ2) is 6.29. The third-order valence-corrected chi connectivity index (χ3v) is 3.02. The molecule has 1 N–H and O–H groups in total. The Balaban J connectivity index is 2.01. The van der Waals surface area contributed by atoms with Crippen LogP contribution in [0.3, 0.4) is 0 Å². The molecule has 19 heavy (non-hydrogen) atoms. The summed E-state index contributed by atoms with van der Waals surface area (Å²) in [7, 11) is 1.60. The standard InChI is InChI=1S/C13H12BrN3O2/c1-19-11-4-3-9(7-10(11)14)8-12(18)17-13-15-5-2-6-16-13/h2-7H,8H2,1H3,(H,15,16,17,18).